The molecule has 1 fully saturated rings. The summed E-state index contributed by atoms with van der Waals surface area (Å²) in [6.07, 6.45) is 3.90. The molecular formula is C10H15ClN4. The highest BCUT2D eigenvalue weighted by molar-refractivity contribution is 6.29. The maximum atomic E-state index is 5.79. The Labute approximate surface area is 94.7 Å². The molecule has 0 saturated carbocycles. The monoisotopic (exact) mass is 226 g/mol. The van der Waals surface area contributed by atoms with Gasteiger partial charge < -0.3 is 10.2 Å². The highest BCUT2D eigenvalue weighted by Gasteiger charge is 2.16. The van der Waals surface area contributed by atoms with Crippen molar-refractivity contribution in [3.63, 3.8) is 0 Å². The maximum absolute atomic E-state index is 5.79. The van der Waals surface area contributed by atoms with Crippen LogP contribution >= 0.6 is 11.6 Å². The lowest BCUT2D eigenvalue weighted by atomic mass is 10.1. The van der Waals surface area contributed by atoms with Gasteiger partial charge in [0.2, 0.25) is 0 Å². The summed E-state index contributed by atoms with van der Waals surface area (Å²) in [5.74, 6) is 0.815. The van der Waals surface area contributed by atoms with Crippen molar-refractivity contribution in [2.24, 2.45) is 0 Å². The van der Waals surface area contributed by atoms with Gasteiger partial charge in [0.05, 0.1) is 0 Å². The molecule has 0 aliphatic carbocycles. The summed E-state index contributed by atoms with van der Waals surface area (Å²) in [7, 11) is 2.14. The molecule has 1 unspecified atom stereocenters. The number of hydrogen-bond acceptors (Lipinski definition) is 4. The second kappa shape index (κ2) is 4.77. The molecular weight excluding hydrogens is 212 g/mol. The Morgan fingerprint density at radius 1 is 1.53 bits per heavy atom. The predicted octanol–water partition coefficient (Wildman–Crippen LogP) is 1.64. The van der Waals surface area contributed by atoms with Crippen LogP contribution in [0, 0.1) is 0 Å². The van der Waals surface area contributed by atoms with Gasteiger partial charge in [0.1, 0.15) is 17.3 Å². The van der Waals surface area contributed by atoms with Crippen molar-refractivity contribution >= 4 is 17.4 Å². The highest BCUT2D eigenvalue weighted by atomic mass is 35.5. The van der Waals surface area contributed by atoms with Crippen molar-refractivity contribution in [1.29, 1.82) is 0 Å². The van der Waals surface area contributed by atoms with E-state index in [4.69, 9.17) is 11.6 Å². The fraction of sp³-hybridized carbons (Fsp3) is 0.600. The zero-order chi connectivity index (χ0) is 10.7. The van der Waals surface area contributed by atoms with Gasteiger partial charge in [0, 0.05) is 18.7 Å². The third-order valence-corrected chi connectivity index (χ3v) is 2.82. The van der Waals surface area contributed by atoms with Crippen LogP contribution in [0.25, 0.3) is 0 Å². The van der Waals surface area contributed by atoms with Gasteiger partial charge in [-0.1, -0.05) is 11.6 Å². The second-order valence-corrected chi connectivity index (χ2v) is 4.36. The number of piperidine rings is 1. The average molecular weight is 227 g/mol. The van der Waals surface area contributed by atoms with Crippen molar-refractivity contribution in [2.75, 3.05) is 25.5 Å². The van der Waals surface area contributed by atoms with Crippen molar-refractivity contribution in [3.8, 4) is 0 Å². The molecule has 5 heteroatoms. The molecule has 1 N–H and O–H groups in total. The van der Waals surface area contributed by atoms with Crippen LogP contribution in [0.15, 0.2) is 12.4 Å². The van der Waals surface area contributed by atoms with Gasteiger partial charge in [0.15, 0.2) is 0 Å². The Hall–Kier alpha value is -0.870. The van der Waals surface area contributed by atoms with Crippen LogP contribution in [0.1, 0.15) is 12.8 Å². The zero-order valence-corrected chi connectivity index (χ0v) is 9.54. The van der Waals surface area contributed by atoms with E-state index < -0.39 is 0 Å². The fourth-order valence-electron chi connectivity index (χ4n) is 1.91. The topological polar surface area (TPSA) is 41.0 Å². The van der Waals surface area contributed by atoms with Crippen LogP contribution in [0.5, 0.6) is 0 Å². The van der Waals surface area contributed by atoms with E-state index in [9.17, 15) is 0 Å². The molecule has 1 aliphatic heterocycles. The van der Waals surface area contributed by atoms with Crippen molar-refractivity contribution in [2.45, 2.75) is 18.9 Å². The number of aromatic nitrogens is 2. The molecule has 1 aliphatic rings. The summed E-state index contributed by atoms with van der Waals surface area (Å²) in [6.45, 7) is 2.24. The first-order valence-corrected chi connectivity index (χ1v) is 5.54. The lowest BCUT2D eigenvalue weighted by molar-refractivity contribution is 0.261. The van der Waals surface area contributed by atoms with Crippen LogP contribution in [0.2, 0.25) is 5.15 Å². The first-order chi connectivity index (χ1) is 7.24. The van der Waals surface area contributed by atoms with Gasteiger partial charge in [-0.2, -0.15) is 0 Å². The Morgan fingerprint density at radius 3 is 3.13 bits per heavy atom. The molecule has 0 bridgehead atoms. The standard InChI is InChI=1S/C10H15ClN4/c1-15-4-2-3-8(6-15)14-10-5-9(11)12-7-13-10/h5,7-8H,2-4,6H2,1H3,(H,12,13,14). The normalized spacial score (nSPS) is 22.7. The average Bonchev–Trinajstić information content (AvgIpc) is 2.17. The number of likely N-dealkylation sites (N-methyl/N-ethyl adjacent to an activating group) is 1. The number of nitrogens with one attached hydrogen (secondary N) is 1. The quantitative estimate of drug-likeness (QED) is 0.779. The first kappa shape index (κ1) is 10.6. The highest BCUT2D eigenvalue weighted by Crippen LogP contribution is 2.15. The van der Waals surface area contributed by atoms with Gasteiger partial charge in [-0.3, -0.25) is 0 Å². The van der Waals surface area contributed by atoms with Crippen LogP contribution in [0.4, 0.5) is 5.82 Å². The summed E-state index contributed by atoms with van der Waals surface area (Å²) in [4.78, 5) is 10.3. The van der Waals surface area contributed by atoms with E-state index in [1.165, 1.54) is 25.7 Å². The predicted molar refractivity (Wildman–Crippen MR) is 61.2 cm³/mol. The van der Waals surface area contributed by atoms with Gasteiger partial charge in [-0.15, -0.1) is 0 Å². The van der Waals surface area contributed by atoms with E-state index in [2.05, 4.69) is 27.2 Å². The van der Waals surface area contributed by atoms with E-state index in [0.29, 0.717) is 11.2 Å². The summed E-state index contributed by atoms with van der Waals surface area (Å²) in [5.41, 5.74) is 0. The smallest absolute Gasteiger partial charge is 0.134 e. The number of hydrogen-bond donors (Lipinski definition) is 1. The molecule has 0 amide bonds. The molecule has 1 atom stereocenters. The van der Waals surface area contributed by atoms with Crippen LogP contribution in [-0.4, -0.2) is 41.0 Å². The second-order valence-electron chi connectivity index (χ2n) is 3.97. The minimum atomic E-state index is 0.467. The van der Waals surface area contributed by atoms with Crippen molar-refractivity contribution < 1.29 is 0 Å². The van der Waals surface area contributed by atoms with E-state index >= 15 is 0 Å². The SMILES string of the molecule is CN1CCCC(Nc2cc(Cl)ncn2)C1. The third kappa shape index (κ3) is 3.04. The first-order valence-electron chi connectivity index (χ1n) is 5.16. The molecule has 1 aromatic rings. The maximum Gasteiger partial charge on any atom is 0.134 e. The molecule has 2 heterocycles. The minimum Gasteiger partial charge on any atom is -0.366 e. The van der Waals surface area contributed by atoms with E-state index in [1.54, 1.807) is 6.07 Å². The lowest BCUT2D eigenvalue weighted by Gasteiger charge is -2.30. The lowest BCUT2D eigenvalue weighted by Crippen LogP contribution is -2.39. The summed E-state index contributed by atoms with van der Waals surface area (Å²) in [5, 5.41) is 3.86. The van der Waals surface area contributed by atoms with Crippen LogP contribution in [0.3, 0.4) is 0 Å². The third-order valence-electron chi connectivity index (χ3n) is 2.61. The van der Waals surface area contributed by atoms with E-state index in [1.807, 2.05) is 0 Å². The Kier molecular flexibility index (Phi) is 3.38. The fourth-order valence-corrected chi connectivity index (χ4v) is 2.05. The van der Waals surface area contributed by atoms with Gasteiger partial charge in [-0.05, 0) is 26.4 Å². The molecule has 15 heavy (non-hydrogen) atoms. The molecule has 1 aromatic heterocycles. The summed E-state index contributed by atoms with van der Waals surface area (Å²) in [6, 6.07) is 2.23. The molecule has 1 saturated heterocycles. The van der Waals surface area contributed by atoms with E-state index in [-0.39, 0.29) is 0 Å². The van der Waals surface area contributed by atoms with Gasteiger partial charge in [0.25, 0.3) is 0 Å². The van der Waals surface area contributed by atoms with Crippen molar-refractivity contribution in [3.05, 3.63) is 17.5 Å². The number of anilines is 1. The summed E-state index contributed by atoms with van der Waals surface area (Å²) >= 11 is 5.79. The van der Waals surface area contributed by atoms with Crippen LogP contribution < -0.4 is 5.32 Å². The number of likely N-dealkylation sites (tertiary alicyclic amines) is 1. The zero-order valence-electron chi connectivity index (χ0n) is 8.78. The number of halogens is 1. The molecule has 0 aromatic carbocycles. The number of nitrogens with zero attached hydrogens (tertiary/aromatic N) is 3. The minimum absolute atomic E-state index is 0.467. The molecule has 4 nitrogen and oxygen atoms in total. The molecule has 82 valence electrons. The largest absolute Gasteiger partial charge is 0.366 e. The Bertz CT molecular complexity index is 331. The Morgan fingerprint density at radius 2 is 2.40 bits per heavy atom. The molecule has 0 radical (unpaired) electrons. The van der Waals surface area contributed by atoms with Crippen LogP contribution in [-0.2, 0) is 0 Å². The Balaban J connectivity index is 1.96. The van der Waals surface area contributed by atoms with Gasteiger partial charge in [-0.25, -0.2) is 9.97 Å². The summed E-state index contributed by atoms with van der Waals surface area (Å²) < 4.78 is 0. The van der Waals surface area contributed by atoms with E-state index in [0.717, 1.165) is 12.4 Å². The number of rotatable bonds is 2. The van der Waals surface area contributed by atoms with Crippen molar-refractivity contribution in [1.82, 2.24) is 14.9 Å². The molecule has 2 rings (SSSR count). The molecule has 0 spiro atoms. The van der Waals surface area contributed by atoms with Gasteiger partial charge >= 0.3 is 0 Å².